The van der Waals surface area contributed by atoms with Crippen LogP contribution in [0, 0.1) is 12.8 Å². The molecule has 0 saturated carbocycles. The van der Waals surface area contributed by atoms with Gasteiger partial charge in [0.15, 0.2) is 0 Å². The summed E-state index contributed by atoms with van der Waals surface area (Å²) in [6.07, 6.45) is 3.76. The highest BCUT2D eigenvalue weighted by Gasteiger charge is 2.31. The van der Waals surface area contributed by atoms with Gasteiger partial charge in [-0.25, -0.2) is 4.98 Å². The number of hydrogen-bond acceptors (Lipinski definition) is 6. The summed E-state index contributed by atoms with van der Waals surface area (Å²) in [6.45, 7) is 7.77. The van der Waals surface area contributed by atoms with E-state index in [1.54, 1.807) is 11.3 Å². The fourth-order valence-electron chi connectivity index (χ4n) is 3.31. The molecule has 2 fully saturated rings. The molecule has 1 unspecified atom stereocenters. The van der Waals surface area contributed by atoms with E-state index < -0.39 is 0 Å². The molecule has 3 heterocycles. The van der Waals surface area contributed by atoms with E-state index in [2.05, 4.69) is 9.88 Å². The average molecular weight is 338 g/mol. The molecule has 2 aliphatic heterocycles. The lowest BCUT2D eigenvalue weighted by atomic mass is 9.91. The minimum atomic E-state index is -0.366. The third kappa shape index (κ3) is 4.29. The maximum Gasteiger partial charge on any atom is 0.239 e. The van der Waals surface area contributed by atoms with Crippen LogP contribution in [-0.4, -0.2) is 66.1 Å². The summed E-state index contributed by atoms with van der Waals surface area (Å²) in [7, 11) is 0. The molecule has 1 aromatic heterocycles. The molecule has 0 radical (unpaired) electrons. The van der Waals surface area contributed by atoms with Crippen LogP contribution in [0.3, 0.4) is 0 Å². The first kappa shape index (κ1) is 16.8. The van der Waals surface area contributed by atoms with Crippen molar-refractivity contribution in [2.24, 2.45) is 11.7 Å². The van der Waals surface area contributed by atoms with E-state index in [0.717, 1.165) is 63.8 Å². The minimum absolute atomic E-state index is 0.116. The number of aromatic nitrogens is 1. The van der Waals surface area contributed by atoms with Gasteiger partial charge in [0.1, 0.15) is 0 Å². The van der Waals surface area contributed by atoms with E-state index in [0.29, 0.717) is 0 Å². The minimum Gasteiger partial charge on any atom is -0.381 e. The maximum absolute atomic E-state index is 12.6. The standard InChI is InChI=1S/C16H26N4O2S/c1-12-18-10-14(23-12)11-19-4-6-20(7-5-19)16(21)15(17)13-2-8-22-9-3-13/h10,13,15H,2-9,11,17H2,1H3. The van der Waals surface area contributed by atoms with Gasteiger partial charge in [0.05, 0.1) is 11.0 Å². The highest BCUT2D eigenvalue weighted by Crippen LogP contribution is 2.20. The molecule has 7 heteroatoms. The van der Waals surface area contributed by atoms with E-state index in [4.69, 9.17) is 10.5 Å². The number of ether oxygens (including phenoxy) is 1. The number of rotatable bonds is 4. The van der Waals surface area contributed by atoms with Crippen LogP contribution in [0.25, 0.3) is 0 Å². The van der Waals surface area contributed by atoms with Crippen molar-refractivity contribution in [2.45, 2.75) is 32.4 Å². The molecule has 128 valence electrons. The third-order valence-corrected chi connectivity index (χ3v) is 5.69. The van der Waals surface area contributed by atoms with Crippen molar-refractivity contribution in [2.75, 3.05) is 39.4 Å². The van der Waals surface area contributed by atoms with E-state index in [1.807, 2.05) is 18.0 Å². The van der Waals surface area contributed by atoms with Crippen LogP contribution < -0.4 is 5.73 Å². The van der Waals surface area contributed by atoms with E-state index in [-0.39, 0.29) is 17.9 Å². The van der Waals surface area contributed by atoms with Crippen molar-refractivity contribution < 1.29 is 9.53 Å². The van der Waals surface area contributed by atoms with Crippen molar-refractivity contribution in [3.63, 3.8) is 0 Å². The molecule has 0 aromatic carbocycles. The van der Waals surface area contributed by atoms with Crippen molar-refractivity contribution in [1.29, 1.82) is 0 Å². The zero-order valence-electron chi connectivity index (χ0n) is 13.7. The number of nitrogens with two attached hydrogens (primary N) is 1. The quantitative estimate of drug-likeness (QED) is 0.881. The van der Waals surface area contributed by atoms with Crippen LogP contribution >= 0.6 is 11.3 Å². The van der Waals surface area contributed by atoms with Gasteiger partial charge >= 0.3 is 0 Å². The Morgan fingerprint density at radius 3 is 2.70 bits per heavy atom. The van der Waals surface area contributed by atoms with Gasteiger partial charge in [-0.3, -0.25) is 9.69 Å². The van der Waals surface area contributed by atoms with Crippen LogP contribution in [0.1, 0.15) is 22.7 Å². The lowest BCUT2D eigenvalue weighted by molar-refractivity contribution is -0.136. The number of thiazole rings is 1. The van der Waals surface area contributed by atoms with Gasteiger partial charge < -0.3 is 15.4 Å². The predicted octanol–water partition coefficient (Wildman–Crippen LogP) is 0.850. The summed E-state index contributed by atoms with van der Waals surface area (Å²) < 4.78 is 5.36. The molecule has 0 spiro atoms. The molecule has 1 atom stereocenters. The van der Waals surface area contributed by atoms with Gasteiger partial charge in [0, 0.05) is 57.0 Å². The Labute approximate surface area is 141 Å². The highest BCUT2D eigenvalue weighted by atomic mass is 32.1. The summed E-state index contributed by atoms with van der Waals surface area (Å²) in [5.74, 6) is 0.389. The highest BCUT2D eigenvalue weighted by molar-refractivity contribution is 7.11. The molecule has 2 N–H and O–H groups in total. The summed E-state index contributed by atoms with van der Waals surface area (Å²) in [6, 6.07) is -0.366. The SMILES string of the molecule is Cc1ncc(CN2CCN(C(=O)C(N)C3CCOCC3)CC2)s1. The maximum atomic E-state index is 12.6. The average Bonchev–Trinajstić information content (AvgIpc) is 3.00. The number of nitrogens with zero attached hydrogens (tertiary/aromatic N) is 3. The Hall–Kier alpha value is -1.02. The number of carbonyl (C=O) groups is 1. The topological polar surface area (TPSA) is 71.7 Å². The Kier molecular flexibility index (Phi) is 5.63. The van der Waals surface area contributed by atoms with Crippen molar-refractivity contribution >= 4 is 17.2 Å². The normalized spacial score (nSPS) is 22.3. The van der Waals surface area contributed by atoms with Crippen molar-refractivity contribution in [1.82, 2.24) is 14.8 Å². The molecule has 3 rings (SSSR count). The number of hydrogen-bond donors (Lipinski definition) is 1. The number of piperazine rings is 1. The molecule has 23 heavy (non-hydrogen) atoms. The zero-order valence-corrected chi connectivity index (χ0v) is 14.6. The van der Waals surface area contributed by atoms with Crippen LogP contribution in [0.15, 0.2) is 6.20 Å². The predicted molar refractivity (Wildman–Crippen MR) is 90.2 cm³/mol. The first-order valence-corrected chi connectivity index (χ1v) is 9.21. The fourth-order valence-corrected chi connectivity index (χ4v) is 4.15. The molecule has 1 aromatic rings. The lowest BCUT2D eigenvalue weighted by Gasteiger charge is -2.37. The van der Waals surface area contributed by atoms with Gasteiger partial charge in [-0.05, 0) is 25.7 Å². The van der Waals surface area contributed by atoms with Gasteiger partial charge in [0.25, 0.3) is 0 Å². The molecule has 2 aliphatic rings. The van der Waals surface area contributed by atoms with Crippen LogP contribution in [0.2, 0.25) is 0 Å². The van der Waals surface area contributed by atoms with Gasteiger partial charge in [-0.2, -0.15) is 0 Å². The zero-order chi connectivity index (χ0) is 16.2. The fraction of sp³-hybridized carbons (Fsp3) is 0.750. The Bertz CT molecular complexity index is 522. The second kappa shape index (κ2) is 7.70. The first-order valence-electron chi connectivity index (χ1n) is 8.39. The second-order valence-corrected chi connectivity index (χ2v) is 7.74. The van der Waals surface area contributed by atoms with Gasteiger partial charge in [-0.1, -0.05) is 0 Å². The smallest absolute Gasteiger partial charge is 0.239 e. The lowest BCUT2D eigenvalue weighted by Crippen LogP contribution is -2.55. The van der Waals surface area contributed by atoms with Crippen molar-refractivity contribution in [3.05, 3.63) is 16.1 Å². The van der Waals surface area contributed by atoms with Gasteiger partial charge in [-0.15, -0.1) is 11.3 Å². The van der Waals surface area contributed by atoms with Gasteiger partial charge in [0.2, 0.25) is 5.91 Å². The summed E-state index contributed by atoms with van der Waals surface area (Å²) in [5, 5.41) is 1.11. The van der Waals surface area contributed by atoms with Crippen LogP contribution in [0.4, 0.5) is 0 Å². The molecule has 2 saturated heterocycles. The van der Waals surface area contributed by atoms with Crippen molar-refractivity contribution in [3.8, 4) is 0 Å². The Balaban J connectivity index is 1.47. The molecule has 1 amide bonds. The number of amides is 1. The second-order valence-electron chi connectivity index (χ2n) is 6.42. The molecular formula is C16H26N4O2S. The molecule has 0 bridgehead atoms. The summed E-state index contributed by atoms with van der Waals surface area (Å²) in [4.78, 5) is 22.5. The molecule has 0 aliphatic carbocycles. The number of carbonyl (C=O) groups excluding carboxylic acids is 1. The van der Waals surface area contributed by atoms with Crippen LogP contribution in [0.5, 0.6) is 0 Å². The largest absolute Gasteiger partial charge is 0.381 e. The molecule has 6 nitrogen and oxygen atoms in total. The van der Waals surface area contributed by atoms with E-state index in [1.165, 1.54) is 4.88 Å². The third-order valence-electron chi connectivity index (χ3n) is 4.79. The monoisotopic (exact) mass is 338 g/mol. The molecular weight excluding hydrogens is 312 g/mol. The first-order chi connectivity index (χ1) is 11.1. The van der Waals surface area contributed by atoms with E-state index in [9.17, 15) is 4.79 Å². The Morgan fingerprint density at radius 1 is 1.39 bits per heavy atom. The van der Waals surface area contributed by atoms with Crippen LogP contribution in [-0.2, 0) is 16.1 Å². The number of aryl methyl sites for hydroxylation is 1. The summed E-state index contributed by atoms with van der Waals surface area (Å²) in [5.41, 5.74) is 6.22. The van der Waals surface area contributed by atoms with E-state index >= 15 is 0 Å². The summed E-state index contributed by atoms with van der Waals surface area (Å²) >= 11 is 1.75. The Morgan fingerprint density at radius 2 is 2.09 bits per heavy atom.